The first-order valence-electron chi connectivity index (χ1n) is 6.62. The number of aliphatic hydroxyl groups is 1. The molecule has 0 bridgehead atoms. The van der Waals surface area contributed by atoms with Gasteiger partial charge >= 0.3 is 0 Å². The number of ether oxygens (including phenoxy) is 1. The van der Waals surface area contributed by atoms with Crippen molar-refractivity contribution in [3.8, 4) is 5.75 Å². The minimum Gasteiger partial charge on any atom is -0.496 e. The summed E-state index contributed by atoms with van der Waals surface area (Å²) in [5, 5.41) is 16.6. The van der Waals surface area contributed by atoms with Gasteiger partial charge < -0.3 is 19.7 Å². The van der Waals surface area contributed by atoms with Gasteiger partial charge in [0.25, 0.3) is 0 Å². The van der Waals surface area contributed by atoms with Gasteiger partial charge in [-0.15, -0.1) is 0 Å². The summed E-state index contributed by atoms with van der Waals surface area (Å²) in [5.41, 5.74) is 1.02. The van der Waals surface area contributed by atoms with Gasteiger partial charge in [-0.1, -0.05) is 23.4 Å². The number of aliphatic hydroxyl groups excluding tert-OH is 1. The van der Waals surface area contributed by atoms with Crippen LogP contribution in [0.2, 0.25) is 0 Å². The van der Waals surface area contributed by atoms with E-state index in [1.807, 2.05) is 24.3 Å². The minimum absolute atomic E-state index is 0.0519. The maximum Gasteiger partial charge on any atom is 0.243 e. The summed E-state index contributed by atoms with van der Waals surface area (Å²) in [6.45, 7) is 0.564. The van der Waals surface area contributed by atoms with Crippen LogP contribution in [0.4, 0.5) is 0 Å². The van der Waals surface area contributed by atoms with E-state index in [2.05, 4.69) is 15.5 Å². The first-order chi connectivity index (χ1) is 9.76. The molecule has 0 unspecified atom stereocenters. The number of hydrogen-bond donors (Lipinski definition) is 2. The fourth-order valence-corrected chi connectivity index (χ4v) is 2.41. The molecule has 2 heterocycles. The molecule has 20 heavy (non-hydrogen) atoms. The smallest absolute Gasteiger partial charge is 0.243 e. The molecule has 0 saturated carbocycles. The third-order valence-corrected chi connectivity index (χ3v) is 3.43. The Morgan fingerprint density at radius 1 is 1.45 bits per heavy atom. The lowest BCUT2D eigenvalue weighted by molar-refractivity contribution is 0.191. The van der Waals surface area contributed by atoms with Crippen LogP contribution in [0.25, 0.3) is 0 Å². The maximum absolute atomic E-state index is 9.50. The second kappa shape index (κ2) is 5.60. The van der Waals surface area contributed by atoms with E-state index in [4.69, 9.17) is 9.26 Å². The van der Waals surface area contributed by atoms with Crippen LogP contribution in [-0.4, -0.2) is 35.0 Å². The highest BCUT2D eigenvalue weighted by Crippen LogP contribution is 2.24. The Labute approximate surface area is 116 Å². The number of hydrogen-bond acceptors (Lipinski definition) is 6. The zero-order chi connectivity index (χ0) is 13.9. The molecular weight excluding hydrogens is 258 g/mol. The molecule has 6 nitrogen and oxygen atoms in total. The fourth-order valence-electron chi connectivity index (χ4n) is 2.41. The SMILES string of the molecule is COc1ccccc1Cc1noc([C@@H]2C[C@@H](O)CN2)n1. The number of rotatable bonds is 4. The van der Waals surface area contributed by atoms with Crippen molar-refractivity contribution in [1.82, 2.24) is 15.5 Å². The Morgan fingerprint density at radius 2 is 2.30 bits per heavy atom. The molecule has 2 N–H and O–H groups in total. The molecule has 106 valence electrons. The van der Waals surface area contributed by atoms with E-state index in [1.165, 1.54) is 0 Å². The Hall–Kier alpha value is -1.92. The van der Waals surface area contributed by atoms with Crippen LogP contribution in [0.5, 0.6) is 5.75 Å². The highest BCUT2D eigenvalue weighted by atomic mass is 16.5. The summed E-state index contributed by atoms with van der Waals surface area (Å²) in [4.78, 5) is 4.39. The van der Waals surface area contributed by atoms with Gasteiger partial charge in [0.1, 0.15) is 5.75 Å². The number of β-amino-alcohol motifs (C(OH)–C–C–N with tert-alkyl or cyclic N) is 1. The van der Waals surface area contributed by atoms with E-state index in [1.54, 1.807) is 7.11 Å². The van der Waals surface area contributed by atoms with Crippen molar-refractivity contribution in [2.24, 2.45) is 0 Å². The van der Waals surface area contributed by atoms with Crippen molar-refractivity contribution in [3.05, 3.63) is 41.5 Å². The molecule has 1 saturated heterocycles. The van der Waals surface area contributed by atoms with Crippen LogP contribution in [0.1, 0.15) is 29.7 Å². The molecule has 0 radical (unpaired) electrons. The van der Waals surface area contributed by atoms with Crippen molar-refractivity contribution >= 4 is 0 Å². The van der Waals surface area contributed by atoms with Crippen molar-refractivity contribution < 1.29 is 14.4 Å². The number of benzene rings is 1. The molecule has 0 amide bonds. The Bertz CT molecular complexity index is 585. The lowest BCUT2D eigenvalue weighted by Crippen LogP contribution is -2.15. The van der Waals surface area contributed by atoms with Gasteiger partial charge in [0.05, 0.1) is 19.3 Å². The van der Waals surface area contributed by atoms with Gasteiger partial charge in [0.2, 0.25) is 5.89 Å². The predicted molar refractivity (Wildman–Crippen MR) is 71.5 cm³/mol. The second-order valence-electron chi connectivity index (χ2n) is 4.89. The Balaban J connectivity index is 1.74. The summed E-state index contributed by atoms with van der Waals surface area (Å²) in [6.07, 6.45) is 0.823. The summed E-state index contributed by atoms with van der Waals surface area (Å²) in [6, 6.07) is 7.71. The molecule has 0 aliphatic carbocycles. The van der Waals surface area contributed by atoms with Crippen molar-refractivity contribution in [2.45, 2.75) is 25.0 Å². The first-order valence-corrected chi connectivity index (χ1v) is 6.62. The van der Waals surface area contributed by atoms with E-state index in [0.717, 1.165) is 11.3 Å². The van der Waals surface area contributed by atoms with Crippen molar-refractivity contribution in [2.75, 3.05) is 13.7 Å². The molecule has 1 aliphatic heterocycles. The van der Waals surface area contributed by atoms with Crippen LogP contribution in [0.15, 0.2) is 28.8 Å². The second-order valence-corrected chi connectivity index (χ2v) is 4.89. The Kier molecular flexibility index (Phi) is 3.66. The molecule has 1 aromatic carbocycles. The first kappa shape index (κ1) is 13.1. The molecular formula is C14H17N3O3. The molecule has 3 rings (SSSR count). The standard InChI is InChI=1S/C14H17N3O3/c1-19-12-5-3-2-4-9(12)6-13-16-14(20-17-13)11-7-10(18)8-15-11/h2-5,10-11,15,18H,6-8H2,1H3/t10-,11+/m1/s1. The summed E-state index contributed by atoms with van der Waals surface area (Å²) in [5.74, 6) is 1.97. The number of methoxy groups -OCH3 is 1. The highest BCUT2D eigenvalue weighted by molar-refractivity contribution is 5.35. The van der Waals surface area contributed by atoms with E-state index >= 15 is 0 Å². The van der Waals surface area contributed by atoms with E-state index in [0.29, 0.717) is 31.1 Å². The minimum atomic E-state index is -0.343. The highest BCUT2D eigenvalue weighted by Gasteiger charge is 2.28. The molecule has 0 spiro atoms. The lowest BCUT2D eigenvalue weighted by Gasteiger charge is -2.05. The Morgan fingerprint density at radius 3 is 3.05 bits per heavy atom. The molecule has 1 aliphatic rings. The largest absolute Gasteiger partial charge is 0.496 e. The topological polar surface area (TPSA) is 80.4 Å². The number of nitrogens with zero attached hydrogens (tertiary/aromatic N) is 2. The van der Waals surface area contributed by atoms with Crippen molar-refractivity contribution in [3.63, 3.8) is 0 Å². The third kappa shape index (κ3) is 2.66. The van der Waals surface area contributed by atoms with Crippen LogP contribution < -0.4 is 10.1 Å². The van der Waals surface area contributed by atoms with Crippen molar-refractivity contribution in [1.29, 1.82) is 0 Å². The van der Waals surface area contributed by atoms with Gasteiger partial charge in [-0.2, -0.15) is 4.98 Å². The normalized spacial score (nSPS) is 22.1. The molecule has 2 atom stereocenters. The van der Waals surface area contributed by atoms with Gasteiger partial charge in [-0.3, -0.25) is 0 Å². The molecule has 2 aromatic rings. The van der Waals surface area contributed by atoms with Crippen LogP contribution >= 0.6 is 0 Å². The quantitative estimate of drug-likeness (QED) is 0.868. The third-order valence-electron chi connectivity index (χ3n) is 3.43. The number of para-hydroxylation sites is 1. The zero-order valence-corrected chi connectivity index (χ0v) is 11.2. The van der Waals surface area contributed by atoms with E-state index in [-0.39, 0.29) is 12.1 Å². The number of aromatic nitrogens is 2. The van der Waals surface area contributed by atoms with Crippen LogP contribution in [0, 0.1) is 0 Å². The summed E-state index contributed by atoms with van der Waals surface area (Å²) < 4.78 is 10.6. The van der Waals surface area contributed by atoms with Gasteiger partial charge in [-0.05, 0) is 12.5 Å². The molecule has 1 fully saturated rings. The van der Waals surface area contributed by atoms with E-state index in [9.17, 15) is 5.11 Å². The van der Waals surface area contributed by atoms with E-state index < -0.39 is 0 Å². The summed E-state index contributed by atoms with van der Waals surface area (Å²) in [7, 11) is 1.64. The fraction of sp³-hybridized carbons (Fsp3) is 0.429. The maximum atomic E-state index is 9.50. The van der Waals surface area contributed by atoms with Gasteiger partial charge in [-0.25, -0.2) is 0 Å². The predicted octanol–water partition coefficient (Wildman–Crippen LogP) is 1.06. The average Bonchev–Trinajstić information content (AvgIpc) is 3.08. The number of nitrogens with one attached hydrogen (secondary N) is 1. The van der Waals surface area contributed by atoms with Gasteiger partial charge in [0.15, 0.2) is 5.82 Å². The molecule has 6 heteroatoms. The monoisotopic (exact) mass is 275 g/mol. The van der Waals surface area contributed by atoms with Gasteiger partial charge in [0, 0.05) is 18.5 Å². The zero-order valence-electron chi connectivity index (χ0n) is 11.2. The van der Waals surface area contributed by atoms with Crippen LogP contribution in [0.3, 0.4) is 0 Å². The average molecular weight is 275 g/mol. The summed E-state index contributed by atoms with van der Waals surface area (Å²) >= 11 is 0. The van der Waals surface area contributed by atoms with Crippen LogP contribution in [-0.2, 0) is 6.42 Å². The lowest BCUT2D eigenvalue weighted by atomic mass is 10.1. The molecule has 1 aromatic heterocycles.